The van der Waals surface area contributed by atoms with Crippen molar-refractivity contribution in [3.8, 4) is 0 Å². The molecule has 1 aromatic carbocycles. The number of hydrogen-bond donors (Lipinski definition) is 1. The van der Waals surface area contributed by atoms with Crippen molar-refractivity contribution in [3.63, 3.8) is 0 Å². The number of rotatable bonds is 3. The summed E-state index contributed by atoms with van der Waals surface area (Å²) in [6.45, 7) is 0.764. The molecule has 16 heavy (non-hydrogen) atoms. The lowest BCUT2D eigenvalue weighted by molar-refractivity contribution is -0.141. The zero-order valence-electron chi connectivity index (χ0n) is 9.14. The molecular formula is C12H14N2O2. The Bertz CT molecular complexity index is 517. The molecule has 1 heterocycles. The average molecular weight is 218 g/mol. The van der Waals surface area contributed by atoms with Gasteiger partial charge in [-0.3, -0.25) is 4.79 Å². The van der Waals surface area contributed by atoms with Gasteiger partial charge in [-0.1, -0.05) is 6.07 Å². The highest BCUT2D eigenvalue weighted by Crippen LogP contribution is 2.17. The first-order valence-corrected chi connectivity index (χ1v) is 5.09. The van der Waals surface area contributed by atoms with Gasteiger partial charge >= 0.3 is 5.97 Å². The fourth-order valence-corrected chi connectivity index (χ4v) is 1.72. The summed E-state index contributed by atoms with van der Waals surface area (Å²) in [5, 5.41) is 1.09. The van der Waals surface area contributed by atoms with E-state index in [2.05, 4.69) is 4.74 Å². The van der Waals surface area contributed by atoms with E-state index in [0.717, 1.165) is 16.5 Å². The lowest BCUT2D eigenvalue weighted by Gasteiger charge is -2.04. The van der Waals surface area contributed by atoms with E-state index in [-0.39, 0.29) is 12.5 Å². The first kappa shape index (κ1) is 10.7. The quantitative estimate of drug-likeness (QED) is 0.789. The van der Waals surface area contributed by atoms with Crippen molar-refractivity contribution >= 4 is 16.9 Å². The molecule has 0 radical (unpaired) electrons. The maximum atomic E-state index is 11.2. The van der Waals surface area contributed by atoms with Crippen molar-refractivity contribution in [3.05, 3.63) is 36.0 Å². The zero-order chi connectivity index (χ0) is 11.5. The number of esters is 1. The topological polar surface area (TPSA) is 57.2 Å². The molecule has 0 bridgehead atoms. The smallest absolute Gasteiger partial charge is 0.325 e. The Hall–Kier alpha value is -1.81. The molecule has 0 fully saturated rings. The second-order valence-electron chi connectivity index (χ2n) is 3.62. The number of nitrogens with two attached hydrogens (primary N) is 1. The number of carbonyl (C=O) groups is 1. The average Bonchev–Trinajstić information content (AvgIpc) is 2.71. The second-order valence-corrected chi connectivity index (χ2v) is 3.62. The third-order valence-electron chi connectivity index (χ3n) is 2.60. The van der Waals surface area contributed by atoms with E-state index in [9.17, 15) is 4.79 Å². The number of nitrogens with zero attached hydrogens (tertiary/aromatic N) is 1. The third kappa shape index (κ3) is 1.92. The summed E-state index contributed by atoms with van der Waals surface area (Å²) < 4.78 is 6.50. The molecule has 0 unspecified atom stereocenters. The van der Waals surface area contributed by atoms with Crippen LogP contribution in [0.3, 0.4) is 0 Å². The number of fused-ring (bicyclic) bond motifs is 1. The highest BCUT2D eigenvalue weighted by molar-refractivity contribution is 5.82. The standard InChI is InChI=1S/C12H14N2O2/c1-16-12(15)8-14-5-4-10-6-9(7-13)2-3-11(10)14/h2-6H,7-8,13H2,1H3. The molecule has 0 aliphatic heterocycles. The number of hydrogen-bond acceptors (Lipinski definition) is 3. The Labute approximate surface area is 93.6 Å². The Morgan fingerprint density at radius 1 is 1.44 bits per heavy atom. The van der Waals surface area contributed by atoms with Gasteiger partial charge in [0, 0.05) is 18.3 Å². The molecule has 2 aromatic rings. The van der Waals surface area contributed by atoms with Crippen LogP contribution >= 0.6 is 0 Å². The van der Waals surface area contributed by atoms with Crippen LogP contribution in [0.2, 0.25) is 0 Å². The Balaban J connectivity index is 2.37. The summed E-state index contributed by atoms with van der Waals surface area (Å²) in [5.41, 5.74) is 7.67. The Morgan fingerprint density at radius 3 is 2.94 bits per heavy atom. The minimum Gasteiger partial charge on any atom is -0.468 e. The number of carbonyl (C=O) groups excluding carboxylic acids is 1. The number of methoxy groups -OCH3 is 1. The van der Waals surface area contributed by atoms with E-state index in [1.807, 2.05) is 35.0 Å². The van der Waals surface area contributed by atoms with Crippen LogP contribution in [0, 0.1) is 0 Å². The number of ether oxygens (including phenoxy) is 1. The van der Waals surface area contributed by atoms with E-state index < -0.39 is 0 Å². The van der Waals surface area contributed by atoms with E-state index in [1.54, 1.807) is 0 Å². The molecule has 0 atom stereocenters. The van der Waals surface area contributed by atoms with Crippen LogP contribution in [-0.2, 0) is 22.6 Å². The van der Waals surface area contributed by atoms with Gasteiger partial charge in [-0.05, 0) is 29.1 Å². The molecule has 0 aliphatic rings. The summed E-state index contributed by atoms with van der Waals surface area (Å²) in [6.07, 6.45) is 1.88. The molecule has 84 valence electrons. The predicted molar refractivity (Wildman–Crippen MR) is 61.8 cm³/mol. The maximum Gasteiger partial charge on any atom is 0.325 e. The van der Waals surface area contributed by atoms with Crippen molar-refractivity contribution in [1.29, 1.82) is 0 Å². The molecule has 0 saturated heterocycles. The molecule has 4 heteroatoms. The van der Waals surface area contributed by atoms with Crippen LogP contribution in [-0.4, -0.2) is 17.6 Å². The minimum absolute atomic E-state index is 0.238. The van der Waals surface area contributed by atoms with Gasteiger partial charge in [0.25, 0.3) is 0 Å². The van der Waals surface area contributed by atoms with Crippen LogP contribution < -0.4 is 5.73 Å². The lowest BCUT2D eigenvalue weighted by Crippen LogP contribution is -2.10. The molecule has 1 aromatic heterocycles. The number of aromatic nitrogens is 1. The first-order valence-electron chi connectivity index (χ1n) is 5.09. The summed E-state index contributed by atoms with van der Waals surface area (Å²) >= 11 is 0. The van der Waals surface area contributed by atoms with Crippen molar-refractivity contribution in [2.24, 2.45) is 5.73 Å². The van der Waals surface area contributed by atoms with Gasteiger partial charge in [0.15, 0.2) is 0 Å². The summed E-state index contributed by atoms with van der Waals surface area (Å²) in [6, 6.07) is 7.94. The summed E-state index contributed by atoms with van der Waals surface area (Å²) in [7, 11) is 1.39. The molecule has 2 rings (SSSR count). The monoisotopic (exact) mass is 218 g/mol. The van der Waals surface area contributed by atoms with E-state index >= 15 is 0 Å². The normalized spacial score (nSPS) is 10.6. The van der Waals surface area contributed by atoms with Crippen LogP contribution in [0.4, 0.5) is 0 Å². The van der Waals surface area contributed by atoms with Gasteiger partial charge in [-0.15, -0.1) is 0 Å². The van der Waals surface area contributed by atoms with Crippen LogP contribution in [0.15, 0.2) is 30.5 Å². The molecule has 0 amide bonds. The summed E-state index contributed by atoms with van der Waals surface area (Å²) in [4.78, 5) is 11.2. The molecule has 0 saturated carbocycles. The molecule has 0 aliphatic carbocycles. The van der Waals surface area contributed by atoms with Crippen LogP contribution in [0.1, 0.15) is 5.56 Å². The zero-order valence-corrected chi connectivity index (χ0v) is 9.14. The van der Waals surface area contributed by atoms with Gasteiger partial charge in [-0.2, -0.15) is 0 Å². The van der Waals surface area contributed by atoms with Gasteiger partial charge in [0.2, 0.25) is 0 Å². The fourth-order valence-electron chi connectivity index (χ4n) is 1.72. The molecule has 4 nitrogen and oxygen atoms in total. The molecule has 2 N–H and O–H groups in total. The number of benzene rings is 1. The Morgan fingerprint density at radius 2 is 2.25 bits per heavy atom. The highest BCUT2D eigenvalue weighted by Gasteiger charge is 2.06. The van der Waals surface area contributed by atoms with Crippen LogP contribution in [0.5, 0.6) is 0 Å². The van der Waals surface area contributed by atoms with Gasteiger partial charge < -0.3 is 15.0 Å². The first-order chi connectivity index (χ1) is 7.74. The maximum absolute atomic E-state index is 11.2. The lowest BCUT2D eigenvalue weighted by atomic mass is 10.1. The van der Waals surface area contributed by atoms with Crippen molar-refractivity contribution in [2.45, 2.75) is 13.1 Å². The van der Waals surface area contributed by atoms with E-state index in [0.29, 0.717) is 6.54 Å². The highest BCUT2D eigenvalue weighted by atomic mass is 16.5. The minimum atomic E-state index is -0.250. The van der Waals surface area contributed by atoms with Gasteiger partial charge in [-0.25, -0.2) is 0 Å². The van der Waals surface area contributed by atoms with Gasteiger partial charge in [0.05, 0.1) is 7.11 Å². The van der Waals surface area contributed by atoms with E-state index in [1.165, 1.54) is 7.11 Å². The van der Waals surface area contributed by atoms with Crippen molar-refractivity contribution < 1.29 is 9.53 Å². The second kappa shape index (κ2) is 4.37. The SMILES string of the molecule is COC(=O)Cn1ccc2cc(CN)ccc21. The molecular weight excluding hydrogens is 204 g/mol. The largest absolute Gasteiger partial charge is 0.468 e. The molecule has 0 spiro atoms. The summed E-state index contributed by atoms with van der Waals surface area (Å²) in [5.74, 6) is -0.250. The third-order valence-corrected chi connectivity index (χ3v) is 2.60. The van der Waals surface area contributed by atoms with Crippen molar-refractivity contribution in [1.82, 2.24) is 4.57 Å². The van der Waals surface area contributed by atoms with Crippen molar-refractivity contribution in [2.75, 3.05) is 7.11 Å². The van der Waals surface area contributed by atoms with Gasteiger partial charge in [0.1, 0.15) is 6.54 Å². The predicted octanol–water partition coefficient (Wildman–Crippen LogP) is 1.27. The van der Waals surface area contributed by atoms with E-state index in [4.69, 9.17) is 5.73 Å². The Kier molecular flexibility index (Phi) is 2.92. The fraction of sp³-hybridized carbons (Fsp3) is 0.250. The van der Waals surface area contributed by atoms with Crippen LogP contribution in [0.25, 0.3) is 10.9 Å².